The third kappa shape index (κ3) is 2.94. The molecule has 2 aromatic rings. The van der Waals surface area contributed by atoms with Crippen molar-refractivity contribution < 1.29 is 9.72 Å². The lowest BCUT2D eigenvalue weighted by Crippen LogP contribution is -2.33. The van der Waals surface area contributed by atoms with Gasteiger partial charge in [-0.1, -0.05) is 0 Å². The van der Waals surface area contributed by atoms with Gasteiger partial charge < -0.3 is 15.2 Å². The van der Waals surface area contributed by atoms with E-state index in [4.69, 9.17) is 5.73 Å². The van der Waals surface area contributed by atoms with Gasteiger partial charge in [0.25, 0.3) is 5.69 Å². The summed E-state index contributed by atoms with van der Waals surface area (Å²) < 4.78 is 2.05. The van der Waals surface area contributed by atoms with Crippen molar-refractivity contribution in [3.8, 4) is 0 Å². The second kappa shape index (κ2) is 6.31. The lowest BCUT2D eigenvalue weighted by molar-refractivity contribution is -0.384. The molecule has 0 radical (unpaired) electrons. The molecule has 1 fully saturated rings. The fourth-order valence-corrected chi connectivity index (χ4v) is 3.23. The van der Waals surface area contributed by atoms with Crippen LogP contribution in [0.25, 0.3) is 0 Å². The molecule has 0 aliphatic carbocycles. The first kappa shape index (κ1) is 16.0. The number of carbonyl (C=O) groups is 1. The van der Waals surface area contributed by atoms with Crippen molar-refractivity contribution in [1.29, 1.82) is 0 Å². The van der Waals surface area contributed by atoms with Gasteiger partial charge in [-0.2, -0.15) is 0 Å². The highest BCUT2D eigenvalue weighted by Crippen LogP contribution is 2.34. The standard InChI is InChI=1S/C16H19N5O3/c1-11-18-6-8-19(11)10-13-3-2-7-20(13)14-5-4-12(16(17)22)9-15(14)21(23)24/h4-6,8-9,13H,2-3,7,10H2,1H3,(H2,17,22). The number of amides is 1. The van der Waals surface area contributed by atoms with Crippen molar-refractivity contribution in [3.63, 3.8) is 0 Å². The van der Waals surface area contributed by atoms with Crippen molar-refractivity contribution in [2.24, 2.45) is 5.73 Å². The van der Waals surface area contributed by atoms with E-state index in [1.54, 1.807) is 18.3 Å². The normalized spacial score (nSPS) is 17.2. The van der Waals surface area contributed by atoms with Crippen LogP contribution in [0.5, 0.6) is 0 Å². The smallest absolute Gasteiger partial charge is 0.293 e. The predicted molar refractivity (Wildman–Crippen MR) is 88.9 cm³/mol. The quantitative estimate of drug-likeness (QED) is 0.665. The molecule has 2 N–H and O–H groups in total. The Bertz CT molecular complexity index is 786. The second-order valence-corrected chi connectivity index (χ2v) is 5.94. The maximum absolute atomic E-state index is 11.4. The van der Waals surface area contributed by atoms with Gasteiger partial charge in [-0.25, -0.2) is 4.98 Å². The fourth-order valence-electron chi connectivity index (χ4n) is 3.23. The fraction of sp³-hybridized carbons (Fsp3) is 0.375. The summed E-state index contributed by atoms with van der Waals surface area (Å²) in [7, 11) is 0. The van der Waals surface area contributed by atoms with Crippen molar-refractivity contribution in [1.82, 2.24) is 9.55 Å². The van der Waals surface area contributed by atoms with E-state index in [0.717, 1.165) is 31.8 Å². The molecule has 3 rings (SSSR count). The van der Waals surface area contributed by atoms with Gasteiger partial charge in [0.1, 0.15) is 11.5 Å². The largest absolute Gasteiger partial charge is 0.366 e. The van der Waals surface area contributed by atoms with Gasteiger partial charge in [0, 0.05) is 43.2 Å². The Hall–Kier alpha value is -2.90. The molecule has 1 aromatic heterocycles. The summed E-state index contributed by atoms with van der Waals surface area (Å²) >= 11 is 0. The average Bonchev–Trinajstić information content (AvgIpc) is 3.16. The van der Waals surface area contributed by atoms with Crippen LogP contribution in [0, 0.1) is 17.0 Å². The molecule has 24 heavy (non-hydrogen) atoms. The molecule has 1 unspecified atom stereocenters. The Morgan fingerprint density at radius 3 is 2.92 bits per heavy atom. The highest BCUT2D eigenvalue weighted by atomic mass is 16.6. The first-order valence-corrected chi connectivity index (χ1v) is 7.80. The number of benzene rings is 1. The average molecular weight is 329 g/mol. The minimum absolute atomic E-state index is 0.0828. The Morgan fingerprint density at radius 1 is 1.50 bits per heavy atom. The number of anilines is 1. The second-order valence-electron chi connectivity index (χ2n) is 5.94. The van der Waals surface area contributed by atoms with Gasteiger partial charge in [0.05, 0.1) is 4.92 Å². The Kier molecular flexibility index (Phi) is 4.20. The zero-order valence-electron chi connectivity index (χ0n) is 13.4. The highest BCUT2D eigenvalue weighted by molar-refractivity contribution is 5.94. The van der Waals surface area contributed by atoms with Crippen LogP contribution in [0.3, 0.4) is 0 Å². The van der Waals surface area contributed by atoms with E-state index in [1.807, 2.05) is 22.6 Å². The lowest BCUT2D eigenvalue weighted by Gasteiger charge is -2.27. The van der Waals surface area contributed by atoms with E-state index >= 15 is 0 Å². The molecule has 1 atom stereocenters. The van der Waals surface area contributed by atoms with E-state index in [2.05, 4.69) is 4.98 Å². The number of nitrogens with zero attached hydrogens (tertiary/aromatic N) is 4. The zero-order chi connectivity index (χ0) is 17.3. The van der Waals surface area contributed by atoms with Crippen LogP contribution in [-0.2, 0) is 6.54 Å². The molecule has 126 valence electrons. The zero-order valence-corrected chi connectivity index (χ0v) is 13.4. The summed E-state index contributed by atoms with van der Waals surface area (Å²) in [5, 5.41) is 11.4. The number of aromatic nitrogens is 2. The van der Waals surface area contributed by atoms with Gasteiger partial charge in [-0.15, -0.1) is 0 Å². The Morgan fingerprint density at radius 2 is 2.29 bits per heavy atom. The predicted octanol–water partition coefficient (Wildman–Crippen LogP) is 1.87. The van der Waals surface area contributed by atoms with Gasteiger partial charge in [-0.3, -0.25) is 14.9 Å². The lowest BCUT2D eigenvalue weighted by atomic mass is 10.1. The molecule has 1 amide bonds. The van der Waals surface area contributed by atoms with E-state index < -0.39 is 10.8 Å². The first-order chi connectivity index (χ1) is 11.5. The highest BCUT2D eigenvalue weighted by Gasteiger charge is 2.30. The summed E-state index contributed by atoms with van der Waals surface area (Å²) in [5.41, 5.74) is 5.83. The number of imidazole rings is 1. The molecule has 0 bridgehead atoms. The molecule has 1 aliphatic heterocycles. The number of nitro benzene ring substituents is 1. The van der Waals surface area contributed by atoms with Crippen LogP contribution in [0.2, 0.25) is 0 Å². The molecule has 1 aliphatic rings. The van der Waals surface area contributed by atoms with Crippen LogP contribution in [-0.4, -0.2) is 33.0 Å². The number of hydrogen-bond acceptors (Lipinski definition) is 5. The Balaban J connectivity index is 1.93. The molecule has 8 nitrogen and oxygen atoms in total. The van der Waals surface area contributed by atoms with Gasteiger partial charge >= 0.3 is 0 Å². The van der Waals surface area contributed by atoms with Crippen LogP contribution in [0.4, 0.5) is 11.4 Å². The van der Waals surface area contributed by atoms with Crippen LogP contribution < -0.4 is 10.6 Å². The monoisotopic (exact) mass is 329 g/mol. The molecule has 0 spiro atoms. The van der Waals surface area contributed by atoms with Crippen LogP contribution in [0.15, 0.2) is 30.6 Å². The summed E-state index contributed by atoms with van der Waals surface area (Å²) in [5.74, 6) is 0.247. The maximum Gasteiger partial charge on any atom is 0.293 e. The minimum Gasteiger partial charge on any atom is -0.366 e. The SMILES string of the molecule is Cc1nccn1CC1CCCN1c1ccc(C(N)=O)cc1[N+](=O)[O-]. The van der Waals surface area contributed by atoms with Crippen molar-refractivity contribution in [2.45, 2.75) is 32.4 Å². The number of rotatable bonds is 5. The Labute approximate surface area is 139 Å². The third-order valence-corrected chi connectivity index (χ3v) is 4.47. The van der Waals surface area contributed by atoms with E-state index in [9.17, 15) is 14.9 Å². The topological polar surface area (TPSA) is 107 Å². The molecule has 1 aromatic carbocycles. The summed E-state index contributed by atoms with van der Waals surface area (Å²) in [6.07, 6.45) is 5.58. The third-order valence-electron chi connectivity index (χ3n) is 4.47. The number of aryl methyl sites for hydroxylation is 1. The molecule has 0 saturated carbocycles. The van der Waals surface area contributed by atoms with Crippen LogP contribution in [0.1, 0.15) is 29.0 Å². The number of nitro groups is 1. The van der Waals surface area contributed by atoms with Crippen molar-refractivity contribution >= 4 is 17.3 Å². The number of primary amides is 1. The molecular weight excluding hydrogens is 310 g/mol. The maximum atomic E-state index is 11.4. The summed E-state index contributed by atoms with van der Waals surface area (Å²) in [6.45, 7) is 3.40. The number of nitrogens with two attached hydrogens (primary N) is 1. The molecular formula is C16H19N5O3. The molecule has 8 heteroatoms. The first-order valence-electron chi connectivity index (χ1n) is 7.80. The minimum atomic E-state index is -0.670. The summed E-state index contributed by atoms with van der Waals surface area (Å²) in [6, 6.07) is 4.58. The van der Waals surface area contributed by atoms with Gasteiger partial charge in [-0.05, 0) is 31.9 Å². The number of carbonyl (C=O) groups excluding carboxylic acids is 1. The van der Waals surface area contributed by atoms with Crippen molar-refractivity contribution in [3.05, 3.63) is 52.1 Å². The van der Waals surface area contributed by atoms with E-state index in [0.29, 0.717) is 5.69 Å². The molecule has 2 heterocycles. The van der Waals surface area contributed by atoms with Gasteiger partial charge in [0.15, 0.2) is 0 Å². The van der Waals surface area contributed by atoms with Crippen LogP contribution >= 0.6 is 0 Å². The number of hydrogen-bond donors (Lipinski definition) is 1. The van der Waals surface area contributed by atoms with Gasteiger partial charge in [0.2, 0.25) is 5.91 Å². The van der Waals surface area contributed by atoms with E-state index in [-0.39, 0.29) is 17.3 Å². The van der Waals surface area contributed by atoms with Crippen molar-refractivity contribution in [2.75, 3.05) is 11.4 Å². The summed E-state index contributed by atoms with van der Waals surface area (Å²) in [4.78, 5) is 28.5. The molecule has 1 saturated heterocycles. The van der Waals surface area contributed by atoms with E-state index in [1.165, 1.54) is 6.07 Å².